The zero-order chi connectivity index (χ0) is 27.3. The van der Waals surface area contributed by atoms with Crippen molar-refractivity contribution < 1.29 is 41.8 Å². The van der Waals surface area contributed by atoms with E-state index in [9.17, 15) is 27.6 Å². The number of hydrogen-bond acceptors (Lipinski definition) is 7. The lowest BCUT2D eigenvalue weighted by molar-refractivity contribution is -0.153. The minimum atomic E-state index is -4.77. The molecule has 0 radical (unpaired) electrons. The number of nitrogens with one attached hydrogen (secondary N) is 3. The van der Waals surface area contributed by atoms with Crippen molar-refractivity contribution in [3.05, 3.63) is 47.5 Å². The molecular formula is C25H28F3N3O6. The summed E-state index contributed by atoms with van der Waals surface area (Å²) in [5, 5.41) is 7.27. The molecule has 200 valence electrons. The van der Waals surface area contributed by atoms with Crippen molar-refractivity contribution in [1.82, 2.24) is 16.0 Å². The molecule has 0 spiro atoms. The molecule has 2 aromatic carbocycles. The number of amides is 2. The Morgan fingerprint density at radius 3 is 2.16 bits per heavy atom. The number of halogens is 3. The maximum atomic E-state index is 13.3. The Morgan fingerprint density at radius 2 is 1.59 bits per heavy atom. The van der Waals surface area contributed by atoms with Gasteiger partial charge in [-0.3, -0.25) is 9.59 Å². The van der Waals surface area contributed by atoms with Crippen molar-refractivity contribution in [2.24, 2.45) is 0 Å². The molecule has 1 aliphatic heterocycles. The topological polar surface area (TPSA) is 115 Å². The summed E-state index contributed by atoms with van der Waals surface area (Å²) in [5.41, 5.74) is 2.11. The number of alkyl halides is 3. The predicted octanol–water partition coefficient (Wildman–Crippen LogP) is 2.28. The van der Waals surface area contributed by atoms with Gasteiger partial charge in [0.15, 0.2) is 0 Å². The number of fused-ring (bicyclic) bond motifs is 5. The summed E-state index contributed by atoms with van der Waals surface area (Å²) in [5.74, 6) is -1.97. The highest BCUT2D eigenvalue weighted by atomic mass is 19.4. The number of esters is 1. The fourth-order valence-corrected chi connectivity index (χ4v) is 4.20. The van der Waals surface area contributed by atoms with Crippen molar-refractivity contribution >= 4 is 17.8 Å². The summed E-state index contributed by atoms with van der Waals surface area (Å²) in [6, 6.07) is 5.51. The second-order valence-electron chi connectivity index (χ2n) is 8.38. The van der Waals surface area contributed by atoms with Crippen molar-refractivity contribution in [2.45, 2.75) is 37.1 Å². The second-order valence-corrected chi connectivity index (χ2v) is 8.38. The highest BCUT2D eigenvalue weighted by Crippen LogP contribution is 2.39. The molecule has 37 heavy (non-hydrogen) atoms. The Balaban J connectivity index is 2.23. The van der Waals surface area contributed by atoms with E-state index in [0.717, 1.165) is 7.11 Å². The van der Waals surface area contributed by atoms with Gasteiger partial charge in [-0.05, 0) is 42.4 Å². The first kappa shape index (κ1) is 27.8. The van der Waals surface area contributed by atoms with E-state index in [1.165, 1.54) is 21.3 Å². The summed E-state index contributed by atoms with van der Waals surface area (Å²) in [4.78, 5) is 38.5. The van der Waals surface area contributed by atoms with Gasteiger partial charge in [0.1, 0.15) is 29.6 Å². The van der Waals surface area contributed by atoms with Crippen LogP contribution in [0.3, 0.4) is 0 Å². The van der Waals surface area contributed by atoms with E-state index in [0.29, 0.717) is 33.8 Å². The predicted molar refractivity (Wildman–Crippen MR) is 127 cm³/mol. The van der Waals surface area contributed by atoms with Crippen LogP contribution in [0, 0.1) is 0 Å². The smallest absolute Gasteiger partial charge is 0.391 e. The SMILES string of the molecule is CNC1C(=O)NC(CC(F)(F)F)C(=O)NC(C(=O)OC)Cc2ccc(OC)c(c2)-c2cc1ccc2OC. The van der Waals surface area contributed by atoms with Crippen LogP contribution >= 0.6 is 0 Å². The fraction of sp³-hybridized carbons (Fsp3) is 0.400. The van der Waals surface area contributed by atoms with Crippen LogP contribution in [0.2, 0.25) is 0 Å². The summed E-state index contributed by atoms with van der Waals surface area (Å²) in [6.07, 6.45) is -6.49. The fourth-order valence-electron chi connectivity index (χ4n) is 4.20. The van der Waals surface area contributed by atoms with Gasteiger partial charge in [-0.25, -0.2) is 4.79 Å². The van der Waals surface area contributed by atoms with Crippen LogP contribution in [0.5, 0.6) is 11.5 Å². The highest BCUT2D eigenvalue weighted by molar-refractivity contribution is 5.93. The quantitative estimate of drug-likeness (QED) is 0.515. The van der Waals surface area contributed by atoms with E-state index < -0.39 is 48.5 Å². The molecule has 9 nitrogen and oxygen atoms in total. The summed E-state index contributed by atoms with van der Waals surface area (Å²) < 4.78 is 55.8. The van der Waals surface area contributed by atoms with Crippen LogP contribution in [-0.4, -0.2) is 64.4 Å². The number of benzene rings is 2. The minimum Gasteiger partial charge on any atom is -0.496 e. The van der Waals surface area contributed by atoms with Crippen molar-refractivity contribution in [2.75, 3.05) is 28.4 Å². The largest absolute Gasteiger partial charge is 0.496 e. The Bertz CT molecular complexity index is 1170. The van der Waals surface area contributed by atoms with E-state index >= 15 is 0 Å². The highest BCUT2D eigenvalue weighted by Gasteiger charge is 2.39. The zero-order valence-corrected chi connectivity index (χ0v) is 20.7. The van der Waals surface area contributed by atoms with Gasteiger partial charge in [0.2, 0.25) is 11.8 Å². The van der Waals surface area contributed by atoms with Crippen molar-refractivity contribution in [3.63, 3.8) is 0 Å². The van der Waals surface area contributed by atoms with Crippen molar-refractivity contribution in [3.8, 4) is 22.6 Å². The van der Waals surface area contributed by atoms with Gasteiger partial charge < -0.3 is 30.2 Å². The molecular weight excluding hydrogens is 495 g/mol. The van der Waals surface area contributed by atoms with Crippen LogP contribution in [0.1, 0.15) is 23.6 Å². The van der Waals surface area contributed by atoms with Crippen LogP contribution in [0.25, 0.3) is 11.1 Å². The second kappa shape index (κ2) is 11.5. The lowest BCUT2D eigenvalue weighted by atomic mass is 9.94. The number of methoxy groups -OCH3 is 3. The third kappa shape index (κ3) is 6.50. The molecule has 3 atom stereocenters. The standard InChI is InChI=1S/C25H28F3N3O6/c1-29-21-14-6-8-20(36-3)16(11-14)15-9-13(5-7-19(15)35-2)10-17(24(34)37-4)30-22(32)18(31-23(21)33)12-25(26,27)28/h5-9,11,17-18,21,29H,10,12H2,1-4H3,(H,30,32)(H,31,33). The average molecular weight is 524 g/mol. The van der Waals surface area contributed by atoms with E-state index in [4.69, 9.17) is 14.2 Å². The normalized spacial score (nSPS) is 20.2. The lowest BCUT2D eigenvalue weighted by Crippen LogP contribution is -2.55. The lowest BCUT2D eigenvalue weighted by Gasteiger charge is -2.26. The molecule has 0 fully saturated rings. The Morgan fingerprint density at radius 1 is 0.973 bits per heavy atom. The molecule has 3 unspecified atom stereocenters. The summed E-state index contributed by atoms with van der Waals surface area (Å²) >= 11 is 0. The first-order chi connectivity index (χ1) is 17.5. The molecule has 3 rings (SSSR count). The molecule has 0 aliphatic carbocycles. The van der Waals surface area contributed by atoms with E-state index in [-0.39, 0.29) is 6.42 Å². The molecule has 1 aliphatic rings. The Labute approximate surface area is 211 Å². The molecule has 1 heterocycles. The number of carbonyl (C=O) groups is 3. The molecule has 3 N–H and O–H groups in total. The minimum absolute atomic E-state index is 0.0940. The van der Waals surface area contributed by atoms with Crippen molar-refractivity contribution in [1.29, 1.82) is 0 Å². The number of ether oxygens (including phenoxy) is 3. The van der Waals surface area contributed by atoms with E-state index in [1.807, 2.05) is 0 Å². The Kier molecular flexibility index (Phi) is 8.64. The van der Waals surface area contributed by atoms with Gasteiger partial charge in [0.05, 0.1) is 27.8 Å². The molecule has 2 aromatic rings. The van der Waals surface area contributed by atoms with Gasteiger partial charge in [-0.1, -0.05) is 12.1 Å². The summed E-state index contributed by atoms with van der Waals surface area (Å²) in [7, 11) is 5.52. The maximum absolute atomic E-state index is 13.3. The first-order valence-electron chi connectivity index (χ1n) is 11.3. The van der Waals surface area contributed by atoms with Gasteiger partial charge >= 0.3 is 12.1 Å². The average Bonchev–Trinajstić information content (AvgIpc) is 2.86. The monoisotopic (exact) mass is 523 g/mol. The molecule has 12 heteroatoms. The van der Waals surface area contributed by atoms with Gasteiger partial charge in [-0.15, -0.1) is 0 Å². The maximum Gasteiger partial charge on any atom is 0.391 e. The third-order valence-electron chi connectivity index (χ3n) is 5.97. The first-order valence-corrected chi connectivity index (χ1v) is 11.3. The zero-order valence-electron chi connectivity index (χ0n) is 20.7. The number of rotatable bonds is 5. The van der Waals surface area contributed by atoms with Crippen LogP contribution in [0.15, 0.2) is 36.4 Å². The van der Waals surface area contributed by atoms with Gasteiger partial charge in [0, 0.05) is 17.5 Å². The number of likely N-dealkylation sites (N-methyl/N-ethyl adjacent to an activating group) is 1. The molecule has 0 aromatic heterocycles. The number of hydrogen-bond donors (Lipinski definition) is 3. The third-order valence-corrected chi connectivity index (χ3v) is 5.97. The molecule has 0 saturated heterocycles. The van der Waals surface area contributed by atoms with Crippen LogP contribution in [-0.2, 0) is 25.5 Å². The van der Waals surface area contributed by atoms with E-state index in [2.05, 4.69) is 16.0 Å². The van der Waals surface area contributed by atoms with Crippen LogP contribution < -0.4 is 25.4 Å². The summed E-state index contributed by atoms with van der Waals surface area (Å²) in [6.45, 7) is 0. The molecule has 2 amide bonds. The number of carbonyl (C=O) groups excluding carboxylic acids is 3. The van der Waals surface area contributed by atoms with E-state index in [1.54, 1.807) is 36.4 Å². The van der Waals surface area contributed by atoms with Crippen LogP contribution in [0.4, 0.5) is 13.2 Å². The Hall–Kier alpha value is -3.80. The van der Waals surface area contributed by atoms with Gasteiger partial charge in [-0.2, -0.15) is 13.2 Å². The molecule has 4 bridgehead atoms. The van der Waals surface area contributed by atoms with Gasteiger partial charge in [0.25, 0.3) is 0 Å². The molecule has 0 saturated carbocycles.